The molecule has 2 fully saturated rings. The van der Waals surface area contributed by atoms with Gasteiger partial charge >= 0.3 is 0 Å². The highest BCUT2D eigenvalue weighted by Gasteiger charge is 2.48. The second-order valence-corrected chi connectivity index (χ2v) is 6.40. The van der Waals surface area contributed by atoms with Crippen molar-refractivity contribution in [2.24, 2.45) is 11.3 Å². The number of carbonyl (C=O) groups is 1. The number of nitrogens with zero attached hydrogens (tertiary/aromatic N) is 2. The molecule has 21 heavy (non-hydrogen) atoms. The molecule has 1 aromatic carbocycles. The summed E-state index contributed by atoms with van der Waals surface area (Å²) in [5.41, 5.74) is 1.17. The van der Waals surface area contributed by atoms with Crippen molar-refractivity contribution in [2.45, 2.75) is 32.6 Å². The molecule has 2 aliphatic rings. The van der Waals surface area contributed by atoms with E-state index in [1.165, 1.54) is 18.5 Å². The predicted octanol–water partition coefficient (Wildman–Crippen LogP) is 3.17. The lowest BCUT2D eigenvalue weighted by molar-refractivity contribution is -0.128. The van der Waals surface area contributed by atoms with Gasteiger partial charge in [0.2, 0.25) is 5.91 Å². The van der Waals surface area contributed by atoms with Crippen LogP contribution in [0.1, 0.15) is 32.6 Å². The molecule has 1 amide bonds. The van der Waals surface area contributed by atoms with Crippen molar-refractivity contribution in [1.82, 2.24) is 0 Å². The largest absolute Gasteiger partial charge is 0.372 e. The molecule has 0 bridgehead atoms. The van der Waals surface area contributed by atoms with E-state index in [4.69, 9.17) is 0 Å². The molecule has 1 aromatic rings. The number of anilines is 2. The molecule has 1 saturated carbocycles. The van der Waals surface area contributed by atoms with Gasteiger partial charge in [-0.3, -0.25) is 4.79 Å². The third kappa shape index (κ3) is 2.61. The van der Waals surface area contributed by atoms with Crippen molar-refractivity contribution in [2.75, 3.05) is 23.3 Å². The molecule has 0 radical (unpaired) electrons. The van der Waals surface area contributed by atoms with E-state index in [-0.39, 0.29) is 5.91 Å². The summed E-state index contributed by atoms with van der Waals surface area (Å²) in [7, 11) is 0. The zero-order chi connectivity index (χ0) is 14.9. The molecule has 0 spiro atoms. The maximum absolute atomic E-state index is 12.3. The molecule has 1 saturated heterocycles. The van der Waals surface area contributed by atoms with Gasteiger partial charge in [0.15, 0.2) is 0 Å². The molecular formula is C17H21N3O. The van der Waals surface area contributed by atoms with Gasteiger partial charge in [0.05, 0.1) is 6.07 Å². The van der Waals surface area contributed by atoms with Crippen LogP contribution in [0, 0.1) is 22.7 Å². The average Bonchev–Trinajstić information content (AvgIpc) is 2.98. The standard InChI is InChI=1S/C17H21N3O/c1-13-10-17(11-13,12-18)16(21)19-14-4-6-15(7-5-14)20-8-2-3-9-20/h4-7,13H,2-3,8-11H2,1H3,(H,19,21). The monoisotopic (exact) mass is 283 g/mol. The van der Waals surface area contributed by atoms with E-state index in [2.05, 4.69) is 23.2 Å². The highest BCUT2D eigenvalue weighted by molar-refractivity contribution is 5.98. The Morgan fingerprint density at radius 1 is 1.29 bits per heavy atom. The van der Waals surface area contributed by atoms with Crippen LogP contribution in [0.15, 0.2) is 24.3 Å². The molecule has 1 aliphatic heterocycles. The fourth-order valence-electron chi connectivity index (χ4n) is 3.44. The van der Waals surface area contributed by atoms with Gasteiger partial charge in [0.25, 0.3) is 0 Å². The highest BCUT2D eigenvalue weighted by atomic mass is 16.2. The molecule has 0 atom stereocenters. The van der Waals surface area contributed by atoms with Gasteiger partial charge in [-0.15, -0.1) is 0 Å². The zero-order valence-electron chi connectivity index (χ0n) is 12.4. The number of carbonyl (C=O) groups excluding carboxylic acids is 1. The maximum Gasteiger partial charge on any atom is 0.244 e. The SMILES string of the molecule is CC1CC(C#N)(C(=O)Nc2ccc(N3CCCC3)cc2)C1. The van der Waals surface area contributed by atoms with Crippen molar-refractivity contribution in [1.29, 1.82) is 5.26 Å². The van der Waals surface area contributed by atoms with E-state index < -0.39 is 5.41 Å². The van der Waals surface area contributed by atoms with Gasteiger partial charge in [0, 0.05) is 24.5 Å². The zero-order valence-corrected chi connectivity index (χ0v) is 12.4. The summed E-state index contributed by atoms with van der Waals surface area (Å²) in [6.07, 6.45) is 3.84. The van der Waals surface area contributed by atoms with E-state index >= 15 is 0 Å². The van der Waals surface area contributed by atoms with Gasteiger partial charge < -0.3 is 10.2 Å². The summed E-state index contributed by atoms with van der Waals surface area (Å²) in [6, 6.07) is 10.1. The van der Waals surface area contributed by atoms with Crippen molar-refractivity contribution in [3.63, 3.8) is 0 Å². The predicted molar refractivity (Wildman–Crippen MR) is 83.0 cm³/mol. The van der Waals surface area contributed by atoms with Crippen LogP contribution in [0.25, 0.3) is 0 Å². The first-order valence-electron chi connectivity index (χ1n) is 7.71. The third-order valence-electron chi connectivity index (χ3n) is 4.64. The van der Waals surface area contributed by atoms with E-state index in [0.29, 0.717) is 18.8 Å². The van der Waals surface area contributed by atoms with Crippen LogP contribution in [-0.4, -0.2) is 19.0 Å². The average molecular weight is 283 g/mol. The first kappa shape index (κ1) is 13.9. The fourth-order valence-corrected chi connectivity index (χ4v) is 3.44. The normalized spacial score (nSPS) is 27.8. The Morgan fingerprint density at radius 2 is 1.90 bits per heavy atom. The minimum atomic E-state index is -0.812. The van der Waals surface area contributed by atoms with Gasteiger partial charge in [-0.1, -0.05) is 6.92 Å². The molecule has 1 N–H and O–H groups in total. The molecule has 4 nitrogen and oxygen atoms in total. The lowest BCUT2D eigenvalue weighted by atomic mass is 9.63. The van der Waals surface area contributed by atoms with Crippen molar-refractivity contribution >= 4 is 17.3 Å². The van der Waals surface area contributed by atoms with Crippen LogP contribution in [0.4, 0.5) is 11.4 Å². The van der Waals surface area contributed by atoms with Crippen LogP contribution in [0.3, 0.4) is 0 Å². The first-order valence-corrected chi connectivity index (χ1v) is 7.71. The minimum absolute atomic E-state index is 0.156. The van der Waals surface area contributed by atoms with Crippen molar-refractivity contribution in [3.8, 4) is 6.07 Å². The van der Waals surface area contributed by atoms with Gasteiger partial charge in [-0.25, -0.2) is 0 Å². The number of amides is 1. The lowest BCUT2D eigenvalue weighted by Crippen LogP contribution is -2.45. The summed E-state index contributed by atoms with van der Waals surface area (Å²) in [4.78, 5) is 14.6. The smallest absolute Gasteiger partial charge is 0.244 e. The van der Waals surface area contributed by atoms with E-state index in [9.17, 15) is 10.1 Å². The third-order valence-corrected chi connectivity index (χ3v) is 4.64. The second kappa shape index (κ2) is 5.40. The second-order valence-electron chi connectivity index (χ2n) is 6.40. The molecule has 0 unspecified atom stereocenters. The molecular weight excluding hydrogens is 262 g/mol. The molecule has 0 aromatic heterocycles. The number of hydrogen-bond donors (Lipinski definition) is 1. The maximum atomic E-state index is 12.3. The van der Waals surface area contributed by atoms with Gasteiger partial charge in [-0.2, -0.15) is 5.26 Å². The number of rotatable bonds is 3. The Morgan fingerprint density at radius 3 is 2.43 bits per heavy atom. The van der Waals surface area contributed by atoms with Crippen LogP contribution in [0.2, 0.25) is 0 Å². The van der Waals surface area contributed by atoms with Crippen molar-refractivity contribution < 1.29 is 4.79 Å². The highest BCUT2D eigenvalue weighted by Crippen LogP contribution is 2.45. The van der Waals surface area contributed by atoms with E-state index in [1.54, 1.807) is 0 Å². The van der Waals surface area contributed by atoms with Crippen molar-refractivity contribution in [3.05, 3.63) is 24.3 Å². The quantitative estimate of drug-likeness (QED) is 0.927. The van der Waals surface area contributed by atoms with Crippen LogP contribution < -0.4 is 10.2 Å². The Hall–Kier alpha value is -2.02. The molecule has 1 aliphatic carbocycles. The van der Waals surface area contributed by atoms with E-state index in [1.807, 2.05) is 24.3 Å². The number of benzene rings is 1. The Kier molecular flexibility index (Phi) is 3.59. The van der Waals surface area contributed by atoms with E-state index in [0.717, 1.165) is 18.8 Å². The molecule has 3 rings (SSSR count). The molecule has 1 heterocycles. The van der Waals surface area contributed by atoms with Crippen LogP contribution >= 0.6 is 0 Å². The number of nitriles is 1. The number of nitrogens with one attached hydrogen (secondary N) is 1. The fraction of sp³-hybridized carbons (Fsp3) is 0.529. The van der Waals surface area contributed by atoms with Crippen LogP contribution in [0.5, 0.6) is 0 Å². The summed E-state index contributed by atoms with van der Waals surface area (Å²) in [5, 5.41) is 12.2. The topological polar surface area (TPSA) is 56.1 Å². The summed E-state index contributed by atoms with van der Waals surface area (Å²) >= 11 is 0. The Labute approximate surface area is 125 Å². The van der Waals surface area contributed by atoms with Gasteiger partial charge in [-0.05, 0) is 55.9 Å². The Balaban J connectivity index is 1.65. The molecule has 4 heteroatoms. The molecule has 110 valence electrons. The minimum Gasteiger partial charge on any atom is -0.372 e. The number of hydrogen-bond acceptors (Lipinski definition) is 3. The van der Waals surface area contributed by atoms with Crippen LogP contribution in [-0.2, 0) is 4.79 Å². The summed E-state index contributed by atoms with van der Waals surface area (Å²) in [5.74, 6) is 0.310. The summed E-state index contributed by atoms with van der Waals surface area (Å²) < 4.78 is 0. The Bertz CT molecular complexity index is 561. The van der Waals surface area contributed by atoms with Gasteiger partial charge in [0.1, 0.15) is 5.41 Å². The first-order chi connectivity index (χ1) is 10.1. The summed E-state index contributed by atoms with van der Waals surface area (Å²) in [6.45, 7) is 4.30. The lowest BCUT2D eigenvalue weighted by Gasteiger charge is -2.39.